The maximum Gasteiger partial charge on any atom is 0.266 e. The molecular weight excluding hydrogens is 389 g/mol. The molecule has 4 rings (SSSR count). The van der Waals surface area contributed by atoms with Crippen LogP contribution in [0.4, 0.5) is 5.69 Å². The first kappa shape index (κ1) is 17.4. The molecular formula is C21H14Cl3NO. The number of hydrogen-bond donors (Lipinski definition) is 0. The quantitative estimate of drug-likeness (QED) is 0.454. The Balaban J connectivity index is 2.07. The molecule has 0 unspecified atom stereocenters. The molecule has 0 saturated carbocycles. The summed E-state index contributed by atoms with van der Waals surface area (Å²) in [6, 6.07) is 27.6. The van der Waals surface area contributed by atoms with Gasteiger partial charge in [-0.05, 0) is 6.07 Å². The van der Waals surface area contributed by atoms with Gasteiger partial charge in [0.1, 0.15) is 0 Å². The van der Waals surface area contributed by atoms with Crippen LogP contribution in [0.15, 0.2) is 89.9 Å². The molecule has 0 N–H and O–H groups in total. The number of nitrogens with zero attached hydrogens (tertiary/aromatic N) is 1. The summed E-state index contributed by atoms with van der Waals surface area (Å²) in [5.74, 6) is 0.0499. The first-order valence-electron chi connectivity index (χ1n) is 8.07. The Morgan fingerprint density at radius 2 is 1.19 bits per heavy atom. The van der Waals surface area contributed by atoms with Crippen molar-refractivity contribution in [3.63, 3.8) is 0 Å². The minimum absolute atomic E-state index is 0.0499. The van der Waals surface area contributed by atoms with Gasteiger partial charge in [-0.3, -0.25) is 0 Å². The highest BCUT2D eigenvalue weighted by atomic mass is 35.6. The second-order valence-corrected chi connectivity index (χ2v) is 8.23. The molecule has 0 amide bonds. The number of rotatable bonds is 2. The summed E-state index contributed by atoms with van der Waals surface area (Å²) in [4.78, 5) is 4.46. The van der Waals surface area contributed by atoms with E-state index in [0.717, 1.165) is 16.7 Å². The Kier molecular flexibility index (Phi) is 4.44. The Hall–Kier alpha value is -2.00. The minimum atomic E-state index is -1.78. The maximum atomic E-state index is 6.39. The molecule has 0 spiro atoms. The van der Waals surface area contributed by atoms with Crippen LogP contribution in [0.2, 0.25) is 0 Å². The number of fused-ring (bicyclic) bond motifs is 1. The van der Waals surface area contributed by atoms with Gasteiger partial charge in [-0.1, -0.05) is 114 Å². The van der Waals surface area contributed by atoms with Crippen LogP contribution in [0.25, 0.3) is 0 Å². The number of ether oxygens (including phenoxy) is 1. The van der Waals surface area contributed by atoms with E-state index in [4.69, 9.17) is 39.5 Å². The third kappa shape index (κ3) is 2.88. The fourth-order valence-corrected chi connectivity index (χ4v) is 3.51. The zero-order valence-electron chi connectivity index (χ0n) is 13.6. The van der Waals surface area contributed by atoms with Crippen molar-refractivity contribution < 1.29 is 4.74 Å². The predicted octanol–water partition coefficient (Wildman–Crippen LogP) is 6.41. The maximum absolute atomic E-state index is 6.39. The lowest BCUT2D eigenvalue weighted by Gasteiger charge is -2.40. The zero-order chi connectivity index (χ0) is 18.2. The number of alkyl halides is 3. The van der Waals surface area contributed by atoms with Gasteiger partial charge in [0.2, 0.25) is 5.90 Å². The van der Waals surface area contributed by atoms with Gasteiger partial charge in [0.05, 0.1) is 5.69 Å². The smallest absolute Gasteiger partial charge is 0.266 e. The third-order valence-corrected chi connectivity index (χ3v) is 4.84. The molecule has 1 aliphatic rings. The van der Waals surface area contributed by atoms with Crippen molar-refractivity contribution in [2.45, 2.75) is 9.39 Å². The van der Waals surface area contributed by atoms with Crippen molar-refractivity contribution in [3.05, 3.63) is 102 Å². The van der Waals surface area contributed by atoms with Crippen LogP contribution >= 0.6 is 34.8 Å². The summed E-state index contributed by atoms with van der Waals surface area (Å²) in [7, 11) is 0. The standard InChI is InChI=1S/C21H14Cl3NO/c22-21(23,24)19-25-18-14-8-7-13-17(18)20(26-19,15-9-3-1-4-10-15)16-11-5-2-6-12-16/h1-14H. The number of hydrogen-bond acceptors (Lipinski definition) is 2. The van der Waals surface area contributed by atoms with E-state index in [1.54, 1.807) is 0 Å². The van der Waals surface area contributed by atoms with Gasteiger partial charge < -0.3 is 4.74 Å². The van der Waals surface area contributed by atoms with E-state index in [1.165, 1.54) is 0 Å². The van der Waals surface area contributed by atoms with Gasteiger partial charge in [0, 0.05) is 16.7 Å². The molecule has 0 fully saturated rings. The SMILES string of the molecule is ClC(Cl)(Cl)C1=Nc2ccccc2C(c2ccccc2)(c2ccccc2)O1. The fourth-order valence-electron chi connectivity index (χ4n) is 3.26. The molecule has 0 bridgehead atoms. The lowest BCUT2D eigenvalue weighted by molar-refractivity contribution is 0.133. The molecule has 2 nitrogen and oxygen atoms in total. The topological polar surface area (TPSA) is 21.6 Å². The van der Waals surface area contributed by atoms with E-state index >= 15 is 0 Å². The third-order valence-electron chi connectivity index (χ3n) is 4.36. The van der Waals surface area contributed by atoms with Gasteiger partial charge in [-0.25, -0.2) is 4.99 Å². The van der Waals surface area contributed by atoms with Crippen molar-refractivity contribution in [2.75, 3.05) is 0 Å². The summed E-state index contributed by atoms with van der Waals surface area (Å²) < 4.78 is 4.62. The largest absolute Gasteiger partial charge is 0.456 e. The van der Waals surface area contributed by atoms with Crippen LogP contribution in [-0.4, -0.2) is 9.69 Å². The van der Waals surface area contributed by atoms with Gasteiger partial charge >= 0.3 is 0 Å². The summed E-state index contributed by atoms with van der Waals surface area (Å²) in [6.45, 7) is 0. The lowest BCUT2D eigenvalue weighted by Crippen LogP contribution is -2.41. The second-order valence-electron chi connectivity index (χ2n) is 5.95. The van der Waals surface area contributed by atoms with Crippen molar-refractivity contribution in [3.8, 4) is 0 Å². The van der Waals surface area contributed by atoms with Crippen LogP contribution in [0.5, 0.6) is 0 Å². The zero-order valence-corrected chi connectivity index (χ0v) is 15.8. The van der Waals surface area contributed by atoms with Gasteiger partial charge in [-0.15, -0.1) is 0 Å². The summed E-state index contributed by atoms with van der Waals surface area (Å²) in [5, 5.41) is 0. The van der Waals surface area contributed by atoms with Crippen LogP contribution < -0.4 is 0 Å². The van der Waals surface area contributed by atoms with E-state index in [9.17, 15) is 0 Å². The summed E-state index contributed by atoms with van der Waals surface area (Å²) in [6.07, 6.45) is 0. The van der Waals surface area contributed by atoms with E-state index < -0.39 is 9.39 Å². The molecule has 1 aliphatic heterocycles. The van der Waals surface area contributed by atoms with Crippen LogP contribution in [0.1, 0.15) is 16.7 Å². The Morgan fingerprint density at radius 3 is 1.73 bits per heavy atom. The molecule has 0 saturated heterocycles. The van der Waals surface area contributed by atoms with E-state index in [0.29, 0.717) is 5.69 Å². The van der Waals surface area contributed by atoms with Crippen molar-refractivity contribution >= 4 is 46.4 Å². The average molecular weight is 403 g/mol. The van der Waals surface area contributed by atoms with Crippen molar-refractivity contribution in [1.82, 2.24) is 0 Å². The molecule has 1 heterocycles. The summed E-state index contributed by atoms with van der Waals surface area (Å²) in [5.41, 5.74) is 2.52. The number of benzene rings is 3. The molecule has 0 atom stereocenters. The normalized spacial score (nSPS) is 15.6. The van der Waals surface area contributed by atoms with E-state index in [2.05, 4.69) is 4.99 Å². The van der Waals surface area contributed by atoms with Gasteiger partial charge in [-0.2, -0.15) is 0 Å². The Labute approximate surface area is 167 Å². The molecule has 0 aliphatic carbocycles. The average Bonchev–Trinajstić information content (AvgIpc) is 2.68. The molecule has 3 aromatic rings. The van der Waals surface area contributed by atoms with E-state index in [1.807, 2.05) is 84.9 Å². The first-order chi connectivity index (χ1) is 12.5. The second kappa shape index (κ2) is 6.62. The van der Waals surface area contributed by atoms with E-state index in [-0.39, 0.29) is 5.90 Å². The molecule has 0 aromatic heterocycles. The molecule has 0 radical (unpaired) electrons. The van der Waals surface area contributed by atoms with Crippen LogP contribution in [0.3, 0.4) is 0 Å². The van der Waals surface area contributed by atoms with Crippen LogP contribution in [-0.2, 0) is 10.3 Å². The van der Waals surface area contributed by atoms with Gasteiger partial charge in [0.15, 0.2) is 5.60 Å². The monoisotopic (exact) mass is 401 g/mol. The fraction of sp³-hybridized carbons (Fsp3) is 0.0952. The Morgan fingerprint density at radius 1 is 0.692 bits per heavy atom. The molecule has 26 heavy (non-hydrogen) atoms. The first-order valence-corrected chi connectivity index (χ1v) is 9.21. The number of para-hydroxylation sites is 1. The number of aliphatic imine (C=N–C) groups is 1. The lowest BCUT2D eigenvalue weighted by atomic mass is 9.78. The van der Waals surface area contributed by atoms with Crippen molar-refractivity contribution in [1.29, 1.82) is 0 Å². The van der Waals surface area contributed by atoms with Gasteiger partial charge in [0.25, 0.3) is 3.79 Å². The van der Waals surface area contributed by atoms with Crippen molar-refractivity contribution in [2.24, 2.45) is 4.99 Å². The number of halogens is 3. The Bertz CT molecular complexity index is 910. The highest BCUT2D eigenvalue weighted by molar-refractivity contribution is 6.76. The molecule has 3 aromatic carbocycles. The molecule has 130 valence electrons. The minimum Gasteiger partial charge on any atom is -0.456 e. The highest BCUT2D eigenvalue weighted by Gasteiger charge is 2.47. The highest BCUT2D eigenvalue weighted by Crippen LogP contribution is 2.49. The van der Waals surface area contributed by atoms with Crippen LogP contribution in [0, 0.1) is 0 Å². The predicted molar refractivity (Wildman–Crippen MR) is 108 cm³/mol. The molecule has 5 heteroatoms. The summed E-state index contributed by atoms with van der Waals surface area (Å²) >= 11 is 18.5.